The second kappa shape index (κ2) is 2.56. The van der Waals surface area contributed by atoms with E-state index < -0.39 is 0 Å². The minimum atomic E-state index is 0.0664. The zero-order valence-electron chi connectivity index (χ0n) is 7.51. The number of carbonyl (C=O) groups is 1. The lowest BCUT2D eigenvalue weighted by molar-refractivity contribution is -0.124. The van der Waals surface area contributed by atoms with E-state index in [1.807, 2.05) is 0 Å². The predicted molar refractivity (Wildman–Crippen MR) is 47.7 cm³/mol. The van der Waals surface area contributed by atoms with E-state index in [1.54, 1.807) is 0 Å². The molecule has 2 bridgehead atoms. The first-order valence-electron chi connectivity index (χ1n) is 4.91. The van der Waals surface area contributed by atoms with Gasteiger partial charge in [-0.3, -0.25) is 0 Å². The quantitative estimate of drug-likeness (QED) is 0.633. The van der Waals surface area contributed by atoms with Crippen LogP contribution in [0.25, 0.3) is 0 Å². The molecule has 3 aliphatic carbocycles. The maximum atomic E-state index is 10.9. The Morgan fingerprint density at radius 1 is 1.08 bits per heavy atom. The average Bonchev–Trinajstić information content (AvgIpc) is 2.21. The van der Waals surface area contributed by atoms with Crippen LogP contribution in [-0.4, -0.2) is 12.8 Å². The maximum Gasteiger partial charge on any atom is 0.126 e. The molecule has 0 aromatic carbocycles. The molecule has 3 fully saturated rings. The first-order valence-corrected chi connectivity index (χ1v) is 4.91. The molecular weight excluding hydrogens is 150 g/mol. The van der Waals surface area contributed by atoms with Gasteiger partial charge in [0.2, 0.25) is 0 Å². The van der Waals surface area contributed by atoms with Gasteiger partial charge < -0.3 is 10.5 Å². The summed E-state index contributed by atoms with van der Waals surface area (Å²) in [5, 5.41) is 0. The van der Waals surface area contributed by atoms with E-state index in [-0.39, 0.29) is 5.41 Å². The largest absolute Gasteiger partial charge is 0.330 e. The lowest BCUT2D eigenvalue weighted by Gasteiger charge is -2.50. The van der Waals surface area contributed by atoms with E-state index in [0.29, 0.717) is 5.41 Å². The molecule has 0 aromatic rings. The molecule has 12 heavy (non-hydrogen) atoms. The van der Waals surface area contributed by atoms with Crippen molar-refractivity contribution in [3.63, 3.8) is 0 Å². The maximum absolute atomic E-state index is 10.9. The minimum Gasteiger partial charge on any atom is -0.330 e. The summed E-state index contributed by atoms with van der Waals surface area (Å²) >= 11 is 0. The zero-order valence-corrected chi connectivity index (χ0v) is 7.51. The molecule has 3 saturated carbocycles. The Hall–Kier alpha value is -0.370. The number of fused-ring (bicyclic) bond motifs is 3. The fraction of sp³-hybridized carbons (Fsp3) is 0.900. The number of hydrogen-bond donors (Lipinski definition) is 1. The van der Waals surface area contributed by atoms with Gasteiger partial charge in [-0.05, 0) is 50.5 Å². The van der Waals surface area contributed by atoms with Gasteiger partial charge in [0, 0.05) is 5.41 Å². The van der Waals surface area contributed by atoms with Crippen molar-refractivity contribution in [1.82, 2.24) is 0 Å². The highest BCUT2D eigenvalue weighted by Crippen LogP contribution is 2.55. The van der Waals surface area contributed by atoms with Crippen LogP contribution in [0.4, 0.5) is 0 Å². The third-order valence-electron chi connectivity index (χ3n) is 4.14. The Morgan fingerprint density at radius 3 is 1.92 bits per heavy atom. The summed E-state index contributed by atoms with van der Waals surface area (Å²) in [7, 11) is 0. The first-order chi connectivity index (χ1) is 5.74. The van der Waals surface area contributed by atoms with Crippen LogP contribution in [0.1, 0.15) is 38.5 Å². The minimum absolute atomic E-state index is 0.0664. The van der Waals surface area contributed by atoms with Gasteiger partial charge in [0.1, 0.15) is 6.29 Å². The smallest absolute Gasteiger partial charge is 0.126 e. The molecule has 3 aliphatic rings. The molecule has 0 saturated heterocycles. The molecule has 2 nitrogen and oxygen atoms in total. The Bertz CT molecular complexity index is 175. The summed E-state index contributed by atoms with van der Waals surface area (Å²) in [4.78, 5) is 10.9. The molecule has 0 aliphatic heterocycles. The molecule has 2 N–H and O–H groups in total. The summed E-state index contributed by atoms with van der Waals surface area (Å²) < 4.78 is 0. The highest BCUT2D eigenvalue weighted by molar-refractivity contribution is 5.60. The third-order valence-corrected chi connectivity index (χ3v) is 4.14. The summed E-state index contributed by atoms with van der Waals surface area (Å²) in [5.41, 5.74) is 6.26. The van der Waals surface area contributed by atoms with Crippen LogP contribution in [0.3, 0.4) is 0 Å². The Balaban J connectivity index is 2.14. The van der Waals surface area contributed by atoms with Crippen LogP contribution in [0, 0.1) is 10.8 Å². The van der Waals surface area contributed by atoms with Crippen molar-refractivity contribution in [2.45, 2.75) is 38.5 Å². The molecule has 0 spiro atoms. The standard InChI is InChI=1S/C10H17NO/c11-7-9-1-4-10(8-12,5-2-9)6-3-9/h8H,1-7,11H2. The molecule has 68 valence electrons. The van der Waals surface area contributed by atoms with Crippen molar-refractivity contribution in [1.29, 1.82) is 0 Å². The second-order valence-electron chi connectivity index (χ2n) is 4.68. The van der Waals surface area contributed by atoms with Crippen LogP contribution in [0.2, 0.25) is 0 Å². The van der Waals surface area contributed by atoms with Gasteiger partial charge in [-0.15, -0.1) is 0 Å². The number of carbonyl (C=O) groups excluding carboxylic acids is 1. The third kappa shape index (κ3) is 1.01. The molecule has 2 heteroatoms. The first kappa shape index (κ1) is 8.24. The van der Waals surface area contributed by atoms with Crippen LogP contribution in [-0.2, 0) is 4.79 Å². The van der Waals surface area contributed by atoms with Crippen molar-refractivity contribution in [3.05, 3.63) is 0 Å². The Labute approximate surface area is 73.5 Å². The number of hydrogen-bond acceptors (Lipinski definition) is 2. The van der Waals surface area contributed by atoms with E-state index in [9.17, 15) is 4.79 Å². The van der Waals surface area contributed by atoms with E-state index in [4.69, 9.17) is 5.73 Å². The van der Waals surface area contributed by atoms with E-state index in [2.05, 4.69) is 0 Å². The van der Waals surface area contributed by atoms with Gasteiger partial charge in [-0.1, -0.05) is 0 Å². The molecule has 3 rings (SSSR count). The monoisotopic (exact) mass is 167 g/mol. The van der Waals surface area contributed by atoms with Gasteiger partial charge in [0.05, 0.1) is 0 Å². The molecule has 0 heterocycles. The predicted octanol–water partition coefficient (Wildman–Crippen LogP) is 1.48. The molecule has 0 unspecified atom stereocenters. The van der Waals surface area contributed by atoms with Crippen LogP contribution >= 0.6 is 0 Å². The lowest BCUT2D eigenvalue weighted by atomic mass is 9.54. The summed E-state index contributed by atoms with van der Waals surface area (Å²) in [5.74, 6) is 0. The van der Waals surface area contributed by atoms with Gasteiger partial charge in [-0.25, -0.2) is 0 Å². The van der Waals surface area contributed by atoms with E-state index >= 15 is 0 Å². The summed E-state index contributed by atoms with van der Waals surface area (Å²) in [6.45, 7) is 0.821. The van der Waals surface area contributed by atoms with Crippen LogP contribution < -0.4 is 5.73 Å². The molecule has 0 aromatic heterocycles. The second-order valence-corrected chi connectivity index (χ2v) is 4.68. The number of aldehydes is 1. The topological polar surface area (TPSA) is 43.1 Å². The zero-order chi connectivity index (χ0) is 8.66. The highest BCUT2D eigenvalue weighted by Gasteiger charge is 2.47. The average molecular weight is 167 g/mol. The SMILES string of the molecule is NCC12CCC(C=O)(CC1)CC2. The molecule has 0 atom stereocenters. The van der Waals surface area contributed by atoms with Crippen LogP contribution in [0.15, 0.2) is 0 Å². The van der Waals surface area contributed by atoms with Crippen molar-refractivity contribution in [2.24, 2.45) is 16.6 Å². The van der Waals surface area contributed by atoms with Crippen molar-refractivity contribution < 1.29 is 4.79 Å². The van der Waals surface area contributed by atoms with Crippen molar-refractivity contribution in [2.75, 3.05) is 6.54 Å². The van der Waals surface area contributed by atoms with E-state index in [1.165, 1.54) is 25.5 Å². The number of rotatable bonds is 2. The Morgan fingerprint density at radius 2 is 1.58 bits per heavy atom. The number of nitrogens with two attached hydrogens (primary N) is 1. The fourth-order valence-corrected chi connectivity index (χ4v) is 2.78. The van der Waals surface area contributed by atoms with Crippen molar-refractivity contribution in [3.8, 4) is 0 Å². The van der Waals surface area contributed by atoms with Gasteiger partial charge in [-0.2, -0.15) is 0 Å². The van der Waals surface area contributed by atoms with Gasteiger partial charge >= 0.3 is 0 Å². The van der Waals surface area contributed by atoms with Crippen molar-refractivity contribution >= 4 is 6.29 Å². The summed E-state index contributed by atoms with van der Waals surface area (Å²) in [6.07, 6.45) is 8.02. The fourth-order valence-electron chi connectivity index (χ4n) is 2.78. The van der Waals surface area contributed by atoms with Gasteiger partial charge in [0.15, 0.2) is 0 Å². The lowest BCUT2D eigenvalue weighted by Crippen LogP contribution is -2.45. The normalized spacial score (nSPS) is 46.1. The van der Waals surface area contributed by atoms with Crippen LogP contribution in [0.5, 0.6) is 0 Å². The molecule has 0 radical (unpaired) electrons. The summed E-state index contributed by atoms with van der Waals surface area (Å²) in [6, 6.07) is 0. The van der Waals surface area contributed by atoms with Gasteiger partial charge in [0.25, 0.3) is 0 Å². The molecular formula is C10H17NO. The molecule has 0 amide bonds. The Kier molecular flexibility index (Phi) is 1.76. The highest BCUT2D eigenvalue weighted by atomic mass is 16.1. The van der Waals surface area contributed by atoms with E-state index in [0.717, 1.165) is 25.8 Å².